The lowest BCUT2D eigenvalue weighted by Crippen LogP contribution is -2.17. The number of hydrazone groups is 1. The van der Waals surface area contributed by atoms with Crippen molar-refractivity contribution in [3.8, 4) is 17.2 Å². The number of phenolic OH excluding ortho intramolecular Hbond substituents is 1. The number of rotatable bonds is 7. The molecule has 3 aromatic rings. The maximum absolute atomic E-state index is 12.2. The molecule has 3 rings (SSSR count). The van der Waals surface area contributed by atoms with Gasteiger partial charge in [0, 0.05) is 21.7 Å². The van der Waals surface area contributed by atoms with Crippen LogP contribution in [0.4, 0.5) is 0 Å². The summed E-state index contributed by atoms with van der Waals surface area (Å²) in [4.78, 5) is 12.2. The van der Waals surface area contributed by atoms with E-state index in [9.17, 15) is 9.90 Å². The second-order valence-electron chi connectivity index (χ2n) is 6.42. The van der Waals surface area contributed by atoms with Crippen LogP contribution in [0.5, 0.6) is 17.2 Å². The first-order valence-corrected chi connectivity index (χ1v) is 12.0. The lowest BCUT2D eigenvalue weighted by atomic mass is 10.2. The summed E-state index contributed by atoms with van der Waals surface area (Å²) in [5.74, 6) is 0.447. The number of nitrogens with zero attached hydrogens (tertiary/aromatic N) is 1. The van der Waals surface area contributed by atoms with E-state index in [2.05, 4.69) is 55.7 Å². The fourth-order valence-electron chi connectivity index (χ4n) is 2.64. The number of phenols is 1. The van der Waals surface area contributed by atoms with Crippen molar-refractivity contribution >= 4 is 80.5 Å². The Morgan fingerprint density at radius 2 is 1.84 bits per heavy atom. The largest absolute Gasteiger partial charge is 0.507 e. The first-order chi connectivity index (χ1) is 15.3. The minimum absolute atomic E-state index is 0.0942. The quantitative estimate of drug-likeness (QED) is 0.174. The molecule has 0 aliphatic carbocycles. The van der Waals surface area contributed by atoms with E-state index >= 15 is 0 Å². The molecule has 0 aliphatic heterocycles. The number of nitrogens with one attached hydrogen (secondary N) is 1. The van der Waals surface area contributed by atoms with Crippen molar-refractivity contribution < 1.29 is 19.4 Å². The van der Waals surface area contributed by atoms with E-state index in [4.69, 9.17) is 32.7 Å². The Kier molecular flexibility index (Phi) is 8.86. The van der Waals surface area contributed by atoms with Gasteiger partial charge in [-0.2, -0.15) is 5.10 Å². The van der Waals surface area contributed by atoms with Crippen molar-refractivity contribution in [1.29, 1.82) is 0 Å². The van der Waals surface area contributed by atoms with Crippen LogP contribution >= 0.6 is 68.4 Å². The van der Waals surface area contributed by atoms with Gasteiger partial charge in [0.2, 0.25) is 0 Å². The highest BCUT2D eigenvalue weighted by Crippen LogP contribution is 2.30. The molecule has 32 heavy (non-hydrogen) atoms. The standard InChI is InChI=1S/C22H16Cl2I2N2O4/c1-31-15-4-5-16(20(29)9-15)22(30)28-27-10-12-6-18(25)21(19(26)7-12)32-11-13-2-3-14(23)8-17(13)24/h2-10,29H,11H2,1H3,(H,28,30)/b27-10-. The monoisotopic (exact) mass is 696 g/mol. The summed E-state index contributed by atoms with van der Waals surface area (Å²) in [6.45, 7) is 0.302. The van der Waals surface area contributed by atoms with Crippen LogP contribution in [0, 0.1) is 7.14 Å². The van der Waals surface area contributed by atoms with Crippen molar-refractivity contribution in [2.75, 3.05) is 7.11 Å². The molecule has 0 bridgehead atoms. The zero-order valence-corrected chi connectivity index (χ0v) is 22.4. The molecule has 0 saturated carbocycles. The number of carbonyl (C=O) groups excluding carboxylic acids is 1. The van der Waals surface area contributed by atoms with Crippen molar-refractivity contribution in [2.45, 2.75) is 6.61 Å². The summed E-state index contributed by atoms with van der Waals surface area (Å²) < 4.78 is 12.7. The molecule has 0 aliphatic rings. The first-order valence-electron chi connectivity index (χ1n) is 9.04. The first kappa shape index (κ1) is 24.9. The van der Waals surface area contributed by atoms with Gasteiger partial charge < -0.3 is 14.6 Å². The minimum Gasteiger partial charge on any atom is -0.507 e. The summed E-state index contributed by atoms with van der Waals surface area (Å²) in [5, 5.41) is 15.1. The Hall–Kier alpha value is -1.76. The van der Waals surface area contributed by atoms with Crippen LogP contribution in [0.1, 0.15) is 21.5 Å². The van der Waals surface area contributed by atoms with E-state index in [1.807, 2.05) is 18.2 Å². The summed E-state index contributed by atoms with van der Waals surface area (Å²) in [6, 6.07) is 13.4. The van der Waals surface area contributed by atoms with Crippen LogP contribution in [0.3, 0.4) is 0 Å². The van der Waals surface area contributed by atoms with E-state index < -0.39 is 5.91 Å². The lowest BCUT2D eigenvalue weighted by Gasteiger charge is -2.12. The Morgan fingerprint density at radius 1 is 1.12 bits per heavy atom. The number of aromatic hydroxyl groups is 1. The summed E-state index contributed by atoms with van der Waals surface area (Å²) in [5.41, 5.74) is 4.10. The average Bonchev–Trinajstić information content (AvgIpc) is 2.74. The number of amides is 1. The Morgan fingerprint density at radius 3 is 2.47 bits per heavy atom. The minimum atomic E-state index is -0.536. The molecule has 0 heterocycles. The highest BCUT2D eigenvalue weighted by molar-refractivity contribution is 14.1. The molecule has 0 saturated heterocycles. The molecule has 166 valence electrons. The topological polar surface area (TPSA) is 80.2 Å². The smallest absolute Gasteiger partial charge is 0.275 e. The highest BCUT2D eigenvalue weighted by Gasteiger charge is 2.12. The maximum atomic E-state index is 12.2. The van der Waals surface area contributed by atoms with Gasteiger partial charge in [0.25, 0.3) is 5.91 Å². The van der Waals surface area contributed by atoms with E-state index in [0.29, 0.717) is 22.4 Å². The number of halogens is 4. The van der Waals surface area contributed by atoms with Crippen LogP contribution in [0.15, 0.2) is 53.6 Å². The lowest BCUT2D eigenvalue weighted by molar-refractivity contribution is 0.0952. The number of ether oxygens (including phenoxy) is 2. The third-order valence-electron chi connectivity index (χ3n) is 4.24. The molecule has 1 amide bonds. The maximum Gasteiger partial charge on any atom is 0.275 e. The third-order valence-corrected chi connectivity index (χ3v) is 6.43. The average molecular weight is 697 g/mol. The van der Waals surface area contributed by atoms with E-state index in [0.717, 1.165) is 24.0 Å². The molecule has 2 N–H and O–H groups in total. The molecular formula is C22H16Cl2I2N2O4. The van der Waals surface area contributed by atoms with Crippen LogP contribution in [0.2, 0.25) is 10.0 Å². The van der Waals surface area contributed by atoms with E-state index in [1.165, 1.54) is 25.5 Å². The van der Waals surface area contributed by atoms with Crippen LogP contribution < -0.4 is 14.9 Å². The second kappa shape index (κ2) is 11.4. The molecule has 0 aromatic heterocycles. The van der Waals surface area contributed by atoms with Gasteiger partial charge >= 0.3 is 0 Å². The normalized spacial score (nSPS) is 10.9. The van der Waals surface area contributed by atoms with Gasteiger partial charge in [-0.25, -0.2) is 5.43 Å². The van der Waals surface area contributed by atoms with Gasteiger partial charge in [-0.05, 0) is 87.1 Å². The molecule has 0 spiro atoms. The summed E-state index contributed by atoms with van der Waals surface area (Å²) in [6.07, 6.45) is 1.52. The van der Waals surface area contributed by atoms with Crippen molar-refractivity contribution in [1.82, 2.24) is 5.43 Å². The zero-order valence-electron chi connectivity index (χ0n) is 16.5. The fraction of sp³-hybridized carbons (Fsp3) is 0.0909. The van der Waals surface area contributed by atoms with E-state index in [-0.39, 0.29) is 11.3 Å². The SMILES string of the molecule is COc1ccc(C(=O)N/N=C\c2cc(I)c(OCc3ccc(Cl)cc3Cl)c(I)c2)c(O)c1. The second-order valence-corrected chi connectivity index (χ2v) is 9.59. The molecular weight excluding hydrogens is 681 g/mol. The molecule has 0 radical (unpaired) electrons. The number of benzene rings is 3. The summed E-state index contributed by atoms with van der Waals surface area (Å²) in [7, 11) is 1.48. The van der Waals surface area contributed by atoms with Gasteiger partial charge in [-0.15, -0.1) is 0 Å². The fourth-order valence-corrected chi connectivity index (χ4v) is 5.23. The Bertz CT molecular complexity index is 1170. The van der Waals surface area contributed by atoms with Crippen LogP contribution in [0.25, 0.3) is 0 Å². The van der Waals surface area contributed by atoms with E-state index in [1.54, 1.807) is 18.2 Å². The van der Waals surface area contributed by atoms with Gasteiger partial charge in [-0.3, -0.25) is 4.79 Å². The number of carbonyl (C=O) groups is 1. The van der Waals surface area contributed by atoms with Gasteiger partial charge in [0.05, 0.1) is 26.0 Å². The molecule has 6 nitrogen and oxygen atoms in total. The number of methoxy groups -OCH3 is 1. The van der Waals surface area contributed by atoms with Crippen molar-refractivity contribution in [3.05, 3.63) is 82.4 Å². The van der Waals surface area contributed by atoms with Gasteiger partial charge in [0.15, 0.2) is 0 Å². The number of hydrogen-bond donors (Lipinski definition) is 2. The highest BCUT2D eigenvalue weighted by atomic mass is 127. The van der Waals surface area contributed by atoms with Crippen LogP contribution in [-0.4, -0.2) is 24.3 Å². The van der Waals surface area contributed by atoms with Crippen molar-refractivity contribution in [3.63, 3.8) is 0 Å². The molecule has 3 aromatic carbocycles. The Balaban J connectivity index is 1.66. The molecule has 0 unspecified atom stereocenters. The number of hydrogen-bond acceptors (Lipinski definition) is 5. The van der Waals surface area contributed by atoms with Crippen molar-refractivity contribution in [2.24, 2.45) is 5.10 Å². The third kappa shape index (κ3) is 6.40. The summed E-state index contributed by atoms with van der Waals surface area (Å²) >= 11 is 16.5. The van der Waals surface area contributed by atoms with Gasteiger partial charge in [0.1, 0.15) is 23.9 Å². The predicted molar refractivity (Wildman–Crippen MR) is 142 cm³/mol. The zero-order chi connectivity index (χ0) is 23.3. The Labute approximate surface area is 222 Å². The molecule has 0 fully saturated rings. The molecule has 10 heteroatoms. The van der Waals surface area contributed by atoms with Gasteiger partial charge in [-0.1, -0.05) is 29.3 Å². The predicted octanol–water partition coefficient (Wildman–Crippen LogP) is 6.26. The molecule has 0 atom stereocenters. The van der Waals surface area contributed by atoms with Crippen LogP contribution in [-0.2, 0) is 6.61 Å².